The summed E-state index contributed by atoms with van der Waals surface area (Å²) in [7, 11) is 4.30. The zero-order valence-corrected chi connectivity index (χ0v) is 16.3. The zero-order valence-electron chi connectivity index (χ0n) is 14.2. The van der Waals surface area contributed by atoms with Crippen molar-refractivity contribution < 1.29 is 28.2 Å². The number of rotatable bonds is 5. The Morgan fingerprint density at radius 1 is 0.923 bits per heavy atom. The van der Waals surface area contributed by atoms with Crippen LogP contribution in [0.3, 0.4) is 0 Å². The standard InChI is InChI=1S/C17H16FIN2O5/c1-24-13-6-9(7-14(25-2)15(13)26-3)16(22)20-21-17(23)11-5-4-10(18)8-12(11)19/h4-8H,1-3H3,(H,20,22)(H,21,23). The molecule has 2 rings (SSSR count). The molecule has 0 fully saturated rings. The van der Waals surface area contributed by atoms with Crippen LogP contribution in [0.15, 0.2) is 30.3 Å². The van der Waals surface area contributed by atoms with E-state index in [1.165, 1.54) is 45.6 Å². The van der Waals surface area contributed by atoms with Crippen LogP contribution in [0.4, 0.5) is 4.39 Å². The first-order valence-electron chi connectivity index (χ1n) is 7.27. The predicted octanol–water partition coefficient (Wildman–Crippen LogP) is 2.53. The van der Waals surface area contributed by atoms with E-state index in [-0.39, 0.29) is 11.1 Å². The van der Waals surface area contributed by atoms with Gasteiger partial charge in [-0.2, -0.15) is 0 Å². The summed E-state index contributed by atoms with van der Waals surface area (Å²) in [4.78, 5) is 24.5. The predicted molar refractivity (Wildman–Crippen MR) is 100 cm³/mol. The van der Waals surface area contributed by atoms with E-state index in [1.54, 1.807) is 0 Å². The Morgan fingerprint density at radius 2 is 1.50 bits per heavy atom. The molecule has 7 nitrogen and oxygen atoms in total. The Bertz CT molecular complexity index is 819. The van der Waals surface area contributed by atoms with E-state index in [9.17, 15) is 14.0 Å². The van der Waals surface area contributed by atoms with E-state index < -0.39 is 17.6 Å². The van der Waals surface area contributed by atoms with Crippen molar-refractivity contribution in [2.24, 2.45) is 0 Å². The van der Waals surface area contributed by atoms with E-state index in [0.717, 1.165) is 6.07 Å². The molecule has 0 spiro atoms. The quantitative estimate of drug-likeness (QED) is 0.514. The SMILES string of the molecule is COc1cc(C(=O)NNC(=O)c2ccc(F)cc2I)cc(OC)c1OC. The molecule has 138 valence electrons. The van der Waals surface area contributed by atoms with Gasteiger partial charge in [-0.3, -0.25) is 20.4 Å². The van der Waals surface area contributed by atoms with Gasteiger partial charge in [0.15, 0.2) is 11.5 Å². The van der Waals surface area contributed by atoms with Crippen molar-refractivity contribution in [1.82, 2.24) is 10.9 Å². The molecule has 9 heteroatoms. The number of halogens is 2. The third-order valence-corrected chi connectivity index (χ3v) is 4.28. The molecule has 0 radical (unpaired) electrons. The van der Waals surface area contributed by atoms with Gasteiger partial charge in [-0.05, 0) is 52.9 Å². The second-order valence-corrected chi connectivity index (χ2v) is 6.11. The molecule has 0 atom stereocenters. The molecule has 0 aromatic heterocycles. The van der Waals surface area contributed by atoms with Crippen LogP contribution in [0.1, 0.15) is 20.7 Å². The summed E-state index contributed by atoms with van der Waals surface area (Å²) < 4.78 is 29.1. The number of ether oxygens (including phenoxy) is 3. The Balaban J connectivity index is 2.16. The molecule has 2 aromatic rings. The lowest BCUT2D eigenvalue weighted by Gasteiger charge is -2.14. The van der Waals surface area contributed by atoms with Gasteiger partial charge >= 0.3 is 0 Å². The number of carbonyl (C=O) groups is 2. The summed E-state index contributed by atoms with van der Waals surface area (Å²) in [6.07, 6.45) is 0. The Morgan fingerprint density at radius 3 is 2.00 bits per heavy atom. The number of hydrazine groups is 1. The fourth-order valence-electron chi connectivity index (χ4n) is 2.14. The Kier molecular flexibility index (Phi) is 6.61. The topological polar surface area (TPSA) is 85.9 Å². The minimum Gasteiger partial charge on any atom is -0.493 e. The Labute approximate surface area is 162 Å². The summed E-state index contributed by atoms with van der Waals surface area (Å²) >= 11 is 1.84. The van der Waals surface area contributed by atoms with Crippen molar-refractivity contribution in [3.8, 4) is 17.2 Å². The highest BCUT2D eigenvalue weighted by atomic mass is 127. The number of carbonyl (C=O) groups excluding carboxylic acids is 2. The number of methoxy groups -OCH3 is 3. The fraction of sp³-hybridized carbons (Fsp3) is 0.176. The maximum atomic E-state index is 13.1. The molecule has 2 aromatic carbocycles. The highest BCUT2D eigenvalue weighted by Crippen LogP contribution is 2.38. The van der Waals surface area contributed by atoms with Crippen LogP contribution < -0.4 is 25.1 Å². The van der Waals surface area contributed by atoms with Gasteiger partial charge in [0.05, 0.1) is 26.9 Å². The second-order valence-electron chi connectivity index (χ2n) is 4.95. The summed E-state index contributed by atoms with van der Waals surface area (Å²) in [6.45, 7) is 0. The zero-order chi connectivity index (χ0) is 19.3. The largest absolute Gasteiger partial charge is 0.493 e. The number of benzene rings is 2. The van der Waals surface area contributed by atoms with Crippen LogP contribution in [-0.2, 0) is 0 Å². The lowest BCUT2D eigenvalue weighted by atomic mass is 10.1. The fourth-order valence-corrected chi connectivity index (χ4v) is 2.86. The van der Waals surface area contributed by atoms with E-state index in [0.29, 0.717) is 20.8 Å². The molecule has 0 aliphatic carbocycles. The minimum absolute atomic E-state index is 0.189. The average Bonchev–Trinajstić information content (AvgIpc) is 2.64. The van der Waals surface area contributed by atoms with Gasteiger partial charge in [-0.15, -0.1) is 0 Å². The van der Waals surface area contributed by atoms with E-state index in [4.69, 9.17) is 14.2 Å². The molecule has 0 saturated carbocycles. The first kappa shape index (κ1) is 19.8. The Hall–Kier alpha value is -2.56. The lowest BCUT2D eigenvalue weighted by Crippen LogP contribution is -2.41. The van der Waals surface area contributed by atoms with Crippen LogP contribution >= 0.6 is 22.6 Å². The van der Waals surface area contributed by atoms with E-state index in [1.807, 2.05) is 22.6 Å². The molecule has 2 N–H and O–H groups in total. The first-order valence-corrected chi connectivity index (χ1v) is 8.34. The summed E-state index contributed by atoms with van der Waals surface area (Å²) in [5.41, 5.74) is 5.00. The number of nitrogens with one attached hydrogen (secondary N) is 2. The molecule has 0 saturated heterocycles. The van der Waals surface area contributed by atoms with Crippen LogP contribution in [0.25, 0.3) is 0 Å². The summed E-state index contributed by atoms with van der Waals surface area (Å²) in [5, 5.41) is 0. The lowest BCUT2D eigenvalue weighted by molar-refractivity contribution is 0.0846. The number of hydrogen-bond donors (Lipinski definition) is 2. The monoisotopic (exact) mass is 474 g/mol. The summed E-state index contributed by atoms with van der Waals surface area (Å²) in [6, 6.07) is 6.61. The van der Waals surface area contributed by atoms with E-state index >= 15 is 0 Å². The van der Waals surface area contributed by atoms with Gasteiger partial charge in [-0.1, -0.05) is 0 Å². The van der Waals surface area contributed by atoms with Crippen LogP contribution in [0.2, 0.25) is 0 Å². The maximum Gasteiger partial charge on any atom is 0.270 e. The van der Waals surface area contributed by atoms with Gasteiger partial charge in [0.2, 0.25) is 5.75 Å². The van der Waals surface area contributed by atoms with Crippen molar-refractivity contribution in [2.75, 3.05) is 21.3 Å². The second kappa shape index (κ2) is 8.70. The van der Waals surface area contributed by atoms with Gasteiger partial charge in [0, 0.05) is 9.13 Å². The van der Waals surface area contributed by atoms with Crippen molar-refractivity contribution in [2.45, 2.75) is 0 Å². The minimum atomic E-state index is -0.588. The molecular weight excluding hydrogens is 458 g/mol. The third kappa shape index (κ3) is 4.34. The number of hydrogen-bond acceptors (Lipinski definition) is 5. The van der Waals surface area contributed by atoms with Gasteiger partial charge < -0.3 is 14.2 Å². The highest BCUT2D eigenvalue weighted by molar-refractivity contribution is 14.1. The van der Waals surface area contributed by atoms with Crippen molar-refractivity contribution in [3.05, 3.63) is 50.8 Å². The van der Waals surface area contributed by atoms with E-state index in [2.05, 4.69) is 10.9 Å². The molecular formula is C17H16FIN2O5. The molecule has 2 amide bonds. The van der Waals surface area contributed by atoms with Crippen molar-refractivity contribution >= 4 is 34.4 Å². The van der Waals surface area contributed by atoms with Gasteiger partial charge in [0.25, 0.3) is 11.8 Å². The molecule has 0 heterocycles. The van der Waals surface area contributed by atoms with Crippen molar-refractivity contribution in [1.29, 1.82) is 0 Å². The molecule has 0 bridgehead atoms. The third-order valence-electron chi connectivity index (χ3n) is 3.39. The maximum absolute atomic E-state index is 13.1. The van der Waals surface area contributed by atoms with Gasteiger partial charge in [-0.25, -0.2) is 4.39 Å². The smallest absolute Gasteiger partial charge is 0.270 e. The molecule has 0 aliphatic heterocycles. The number of amides is 2. The highest BCUT2D eigenvalue weighted by Gasteiger charge is 2.18. The van der Waals surface area contributed by atoms with Crippen LogP contribution in [0, 0.1) is 9.39 Å². The first-order chi connectivity index (χ1) is 12.4. The molecule has 0 aliphatic rings. The van der Waals surface area contributed by atoms with Crippen LogP contribution in [0.5, 0.6) is 17.2 Å². The normalized spacial score (nSPS) is 10.0. The molecule has 0 unspecified atom stereocenters. The molecule has 26 heavy (non-hydrogen) atoms. The summed E-state index contributed by atoms with van der Waals surface area (Å²) in [5.74, 6) is -0.665. The van der Waals surface area contributed by atoms with Crippen LogP contribution in [-0.4, -0.2) is 33.1 Å². The average molecular weight is 474 g/mol. The van der Waals surface area contributed by atoms with Gasteiger partial charge in [0.1, 0.15) is 5.82 Å². The van der Waals surface area contributed by atoms with Crippen molar-refractivity contribution in [3.63, 3.8) is 0 Å².